The van der Waals surface area contributed by atoms with Crippen LogP contribution in [0.2, 0.25) is 0 Å². The molecule has 0 aromatic heterocycles. The fourth-order valence-corrected chi connectivity index (χ4v) is 3.43. The van der Waals surface area contributed by atoms with E-state index in [1.165, 1.54) is 0 Å². The Kier molecular flexibility index (Phi) is 9.78. The van der Waals surface area contributed by atoms with E-state index in [4.69, 9.17) is 0 Å². The lowest BCUT2D eigenvalue weighted by Crippen LogP contribution is -2.55. The Hall–Kier alpha value is -1.10. The zero-order valence-corrected chi connectivity index (χ0v) is 19.4. The minimum absolute atomic E-state index is 0. The first-order valence-electron chi connectivity index (χ1n) is 9.55. The molecule has 0 aromatic rings. The summed E-state index contributed by atoms with van der Waals surface area (Å²) >= 11 is 0. The third-order valence-corrected chi connectivity index (χ3v) is 5.23. The van der Waals surface area contributed by atoms with E-state index >= 15 is 0 Å². The van der Waals surface area contributed by atoms with Crippen molar-refractivity contribution in [2.45, 2.75) is 26.7 Å². The van der Waals surface area contributed by atoms with E-state index in [2.05, 4.69) is 25.4 Å². The second-order valence-corrected chi connectivity index (χ2v) is 7.71. The van der Waals surface area contributed by atoms with Gasteiger partial charge in [-0.05, 0) is 26.7 Å². The van der Waals surface area contributed by atoms with Crippen LogP contribution in [0.1, 0.15) is 26.7 Å². The Labute approximate surface area is 180 Å². The van der Waals surface area contributed by atoms with E-state index in [9.17, 15) is 9.59 Å². The van der Waals surface area contributed by atoms with Gasteiger partial charge in [0, 0.05) is 59.9 Å². The Morgan fingerprint density at radius 3 is 2.11 bits per heavy atom. The summed E-state index contributed by atoms with van der Waals surface area (Å²) < 4.78 is 0. The molecule has 0 aliphatic carbocycles. The van der Waals surface area contributed by atoms with Crippen molar-refractivity contribution in [1.29, 1.82) is 0 Å². The number of nitrogens with one attached hydrogen (secondary N) is 2. The summed E-state index contributed by atoms with van der Waals surface area (Å²) in [6.07, 6.45) is 2.27. The number of hydrogen-bond acceptors (Lipinski definition) is 4. The zero-order chi connectivity index (χ0) is 19.2. The maximum Gasteiger partial charge on any atom is 0.236 e. The average molecular weight is 494 g/mol. The molecule has 0 atom stereocenters. The van der Waals surface area contributed by atoms with Crippen molar-refractivity contribution in [1.82, 2.24) is 25.3 Å². The number of hydrogen-bond donors (Lipinski definition) is 2. The normalized spacial score (nSPS) is 18.9. The molecule has 2 rings (SSSR count). The topological polar surface area (TPSA) is 80.3 Å². The largest absolute Gasteiger partial charge is 0.359 e. The highest BCUT2D eigenvalue weighted by molar-refractivity contribution is 14.0. The van der Waals surface area contributed by atoms with E-state index in [-0.39, 0.29) is 35.8 Å². The van der Waals surface area contributed by atoms with Crippen molar-refractivity contribution >= 4 is 41.8 Å². The molecule has 0 radical (unpaired) electrons. The monoisotopic (exact) mass is 494 g/mol. The maximum atomic E-state index is 12.3. The molecule has 8 nitrogen and oxygen atoms in total. The lowest BCUT2D eigenvalue weighted by molar-refractivity contribution is -0.131. The number of aliphatic imine (C=N–C) groups is 1. The molecule has 2 saturated heterocycles. The van der Waals surface area contributed by atoms with Gasteiger partial charge in [-0.1, -0.05) is 0 Å². The van der Waals surface area contributed by atoms with Crippen LogP contribution in [0.4, 0.5) is 0 Å². The van der Waals surface area contributed by atoms with E-state index in [0.29, 0.717) is 13.1 Å². The quantitative estimate of drug-likeness (QED) is 0.324. The second-order valence-electron chi connectivity index (χ2n) is 7.71. The van der Waals surface area contributed by atoms with Crippen LogP contribution in [0.3, 0.4) is 0 Å². The predicted molar refractivity (Wildman–Crippen MR) is 118 cm³/mol. The SMILES string of the molecule is CN=C(NCC(C)(C)C(=O)NC)N1CCN(CC(=O)N2CCCC2)CC1.I. The smallest absolute Gasteiger partial charge is 0.236 e. The summed E-state index contributed by atoms with van der Waals surface area (Å²) in [4.78, 5) is 35.0. The standard InChI is InChI=1S/C18H34N6O2.HI/c1-18(2,16(26)19-3)14-21-17(20-4)24-11-9-22(10-12-24)13-15(25)23-7-5-6-8-23;/h5-14H2,1-4H3,(H,19,26)(H,20,21);1H. The predicted octanol–water partition coefficient (Wildman–Crippen LogP) is 0.192. The number of rotatable bonds is 5. The number of piperazine rings is 1. The molecule has 0 unspecified atom stereocenters. The van der Waals surface area contributed by atoms with E-state index in [1.54, 1.807) is 14.1 Å². The van der Waals surface area contributed by atoms with Crippen molar-refractivity contribution in [2.75, 3.05) is 66.5 Å². The summed E-state index contributed by atoms with van der Waals surface area (Å²) in [5.74, 6) is 1.07. The van der Waals surface area contributed by atoms with Gasteiger partial charge in [0.1, 0.15) is 0 Å². The number of amides is 2. The number of likely N-dealkylation sites (tertiary alicyclic amines) is 1. The molecule has 0 aromatic carbocycles. The molecule has 0 spiro atoms. The van der Waals surface area contributed by atoms with Crippen molar-refractivity contribution in [3.63, 3.8) is 0 Å². The van der Waals surface area contributed by atoms with Crippen LogP contribution < -0.4 is 10.6 Å². The average Bonchev–Trinajstić information content (AvgIpc) is 3.17. The molecule has 9 heteroatoms. The van der Waals surface area contributed by atoms with Gasteiger partial charge in [-0.3, -0.25) is 19.5 Å². The van der Waals surface area contributed by atoms with E-state index < -0.39 is 5.41 Å². The highest BCUT2D eigenvalue weighted by Crippen LogP contribution is 2.14. The first-order chi connectivity index (χ1) is 12.4. The number of halogens is 1. The minimum atomic E-state index is -0.505. The fourth-order valence-electron chi connectivity index (χ4n) is 3.43. The molecule has 2 fully saturated rings. The lowest BCUT2D eigenvalue weighted by Gasteiger charge is -2.37. The summed E-state index contributed by atoms with van der Waals surface area (Å²) in [5.41, 5.74) is -0.505. The Bertz CT molecular complexity index is 526. The highest BCUT2D eigenvalue weighted by Gasteiger charge is 2.28. The van der Waals surface area contributed by atoms with Crippen LogP contribution in [-0.4, -0.2) is 98.9 Å². The van der Waals surface area contributed by atoms with Crippen LogP contribution in [0, 0.1) is 5.41 Å². The summed E-state index contributed by atoms with van der Waals surface area (Å²) in [6, 6.07) is 0. The molecule has 0 bridgehead atoms. The fraction of sp³-hybridized carbons (Fsp3) is 0.833. The molecule has 27 heavy (non-hydrogen) atoms. The van der Waals surface area contributed by atoms with Gasteiger partial charge >= 0.3 is 0 Å². The Morgan fingerprint density at radius 2 is 1.59 bits per heavy atom. The molecule has 2 N–H and O–H groups in total. The summed E-state index contributed by atoms with van der Waals surface area (Å²) in [7, 11) is 3.42. The number of carbonyl (C=O) groups excluding carboxylic acids is 2. The van der Waals surface area contributed by atoms with Gasteiger partial charge < -0.3 is 20.4 Å². The first-order valence-corrected chi connectivity index (χ1v) is 9.55. The van der Waals surface area contributed by atoms with Crippen molar-refractivity contribution in [3.8, 4) is 0 Å². The van der Waals surface area contributed by atoms with Crippen LogP contribution in [0.5, 0.6) is 0 Å². The molecule has 2 aliphatic heterocycles. The first kappa shape index (κ1) is 23.9. The molecule has 2 amide bonds. The number of guanidine groups is 1. The van der Waals surface area contributed by atoms with Crippen molar-refractivity contribution in [3.05, 3.63) is 0 Å². The Morgan fingerprint density at radius 1 is 1.00 bits per heavy atom. The van der Waals surface area contributed by atoms with Gasteiger partial charge in [0.05, 0.1) is 12.0 Å². The zero-order valence-electron chi connectivity index (χ0n) is 17.1. The van der Waals surface area contributed by atoms with Gasteiger partial charge in [0.25, 0.3) is 0 Å². The minimum Gasteiger partial charge on any atom is -0.359 e. The van der Waals surface area contributed by atoms with Crippen LogP contribution in [0.15, 0.2) is 4.99 Å². The molecule has 156 valence electrons. The van der Waals surface area contributed by atoms with Gasteiger partial charge in [-0.25, -0.2) is 0 Å². The molecular formula is C18H35IN6O2. The van der Waals surface area contributed by atoms with Crippen molar-refractivity contribution < 1.29 is 9.59 Å². The lowest BCUT2D eigenvalue weighted by atomic mass is 9.92. The van der Waals surface area contributed by atoms with E-state index in [1.807, 2.05) is 18.7 Å². The van der Waals surface area contributed by atoms with Crippen molar-refractivity contribution in [2.24, 2.45) is 10.4 Å². The van der Waals surface area contributed by atoms with Gasteiger partial charge in [0.15, 0.2) is 5.96 Å². The molecule has 2 heterocycles. The van der Waals surface area contributed by atoms with E-state index in [0.717, 1.165) is 58.1 Å². The number of carbonyl (C=O) groups is 2. The number of nitrogens with zero attached hydrogens (tertiary/aromatic N) is 4. The van der Waals surface area contributed by atoms with Crippen LogP contribution in [-0.2, 0) is 9.59 Å². The van der Waals surface area contributed by atoms with Gasteiger partial charge in [-0.2, -0.15) is 0 Å². The van der Waals surface area contributed by atoms with Gasteiger partial charge in [-0.15, -0.1) is 24.0 Å². The second kappa shape index (κ2) is 11.0. The molecular weight excluding hydrogens is 459 g/mol. The summed E-state index contributed by atoms with van der Waals surface area (Å²) in [6.45, 7) is 10.0. The molecule has 0 saturated carbocycles. The van der Waals surface area contributed by atoms with Crippen LogP contribution in [0.25, 0.3) is 0 Å². The highest BCUT2D eigenvalue weighted by atomic mass is 127. The third-order valence-electron chi connectivity index (χ3n) is 5.23. The maximum absolute atomic E-state index is 12.3. The molecule has 2 aliphatic rings. The summed E-state index contributed by atoms with van der Waals surface area (Å²) in [5, 5.41) is 6.02. The Balaban J connectivity index is 0.00000364. The third kappa shape index (κ3) is 6.78. The van der Waals surface area contributed by atoms with Crippen LogP contribution >= 0.6 is 24.0 Å². The van der Waals surface area contributed by atoms with Gasteiger partial charge in [0.2, 0.25) is 11.8 Å².